The summed E-state index contributed by atoms with van der Waals surface area (Å²) in [4.78, 5) is -0.479. The van der Waals surface area contributed by atoms with Crippen LogP contribution in [0.1, 0.15) is 44.6 Å². The van der Waals surface area contributed by atoms with Crippen molar-refractivity contribution in [1.82, 2.24) is 0 Å². The van der Waals surface area contributed by atoms with Crippen LogP contribution in [0.25, 0.3) is 0 Å². The summed E-state index contributed by atoms with van der Waals surface area (Å²) in [7, 11) is 0. The molecule has 0 nitrogen and oxygen atoms in total. The highest BCUT2D eigenvalue weighted by Crippen LogP contribution is 2.60. The summed E-state index contributed by atoms with van der Waals surface area (Å²) in [5.41, 5.74) is 1.01. The minimum absolute atomic E-state index is 0.479. The molecular weight excluding hydrogens is 245 g/mol. The quantitative estimate of drug-likeness (QED) is 0.528. The molecule has 0 radical (unpaired) electrons. The number of unbranched alkanes of at least 4 members (excludes halogenated alkanes) is 4. The Labute approximate surface area is 103 Å². The first-order chi connectivity index (χ1) is 8.04. The summed E-state index contributed by atoms with van der Waals surface area (Å²) in [5.74, 6) is 0. The molecule has 0 aromatic heterocycles. The smallest absolute Gasteiger partial charge is 0.120 e. The normalized spacial score (nSPS) is 12.7. The van der Waals surface area contributed by atoms with Crippen molar-refractivity contribution in [3.63, 3.8) is 0 Å². The summed E-state index contributed by atoms with van der Waals surface area (Å²) in [6.45, 7) is 2.16. The van der Waals surface area contributed by atoms with Gasteiger partial charge in [0.2, 0.25) is 11.2 Å². The van der Waals surface area contributed by atoms with E-state index in [-0.39, 0.29) is 0 Å². The first-order valence-corrected chi connectivity index (χ1v) is 7.38. The van der Waals surface area contributed by atoms with Crippen LogP contribution in [-0.2, 0) is 6.42 Å². The van der Waals surface area contributed by atoms with Gasteiger partial charge in [0.05, 0.1) is 4.90 Å². The van der Waals surface area contributed by atoms with E-state index in [1.54, 1.807) is 12.1 Å². The topological polar surface area (TPSA) is 0 Å². The van der Waals surface area contributed by atoms with E-state index >= 15 is 0 Å². The van der Waals surface area contributed by atoms with Gasteiger partial charge in [-0.25, -0.2) is 0 Å². The van der Waals surface area contributed by atoms with Crippen LogP contribution in [-0.4, -0.2) is 0 Å². The minimum Gasteiger partial charge on any atom is -0.120 e. The molecule has 0 aliphatic carbocycles. The van der Waals surface area contributed by atoms with Crippen molar-refractivity contribution in [3.05, 3.63) is 29.8 Å². The molecule has 0 saturated heterocycles. The van der Waals surface area contributed by atoms with Gasteiger partial charge >= 0.3 is 0 Å². The van der Waals surface area contributed by atoms with E-state index in [0.29, 0.717) is 0 Å². The van der Waals surface area contributed by atoms with Crippen molar-refractivity contribution in [2.24, 2.45) is 0 Å². The van der Waals surface area contributed by atoms with Gasteiger partial charge in [0.1, 0.15) is 0 Å². The van der Waals surface area contributed by atoms with Crippen LogP contribution in [0.15, 0.2) is 29.2 Å². The molecule has 1 aromatic rings. The van der Waals surface area contributed by atoms with E-state index < -0.39 is 16.1 Å². The first kappa shape index (κ1) is 14.4. The van der Waals surface area contributed by atoms with Gasteiger partial charge in [0, 0.05) is 0 Å². The lowest BCUT2D eigenvalue weighted by molar-refractivity contribution is 0.629. The van der Waals surface area contributed by atoms with E-state index in [0.717, 1.165) is 18.4 Å². The van der Waals surface area contributed by atoms with Crippen molar-refractivity contribution in [2.75, 3.05) is 0 Å². The Morgan fingerprint density at radius 2 is 1.47 bits per heavy atom. The zero-order chi connectivity index (χ0) is 12.7. The van der Waals surface area contributed by atoms with Crippen LogP contribution >= 0.6 is 11.2 Å². The second kappa shape index (κ2) is 6.94. The van der Waals surface area contributed by atoms with Crippen LogP contribution in [0.2, 0.25) is 0 Å². The second-order valence-corrected chi connectivity index (χ2v) is 5.50. The summed E-state index contributed by atoms with van der Waals surface area (Å²) in [6, 6.07) is 5.62. The molecule has 0 amide bonds. The number of hydrogen-bond acceptors (Lipinski definition) is 0. The average Bonchev–Trinajstić information content (AvgIpc) is 2.28. The maximum Gasteiger partial charge on any atom is 0.237 e. The molecule has 0 unspecified atom stereocenters. The molecule has 0 N–H and O–H groups in total. The van der Waals surface area contributed by atoms with E-state index in [2.05, 4.69) is 6.92 Å². The number of hydrogen-bond donors (Lipinski definition) is 0. The summed E-state index contributed by atoms with van der Waals surface area (Å²) < 4.78 is 37.2. The van der Waals surface area contributed by atoms with Crippen LogP contribution in [0.5, 0.6) is 0 Å². The van der Waals surface area contributed by atoms with Crippen molar-refractivity contribution in [3.8, 4) is 0 Å². The van der Waals surface area contributed by atoms with Crippen LogP contribution in [0.3, 0.4) is 0 Å². The maximum atomic E-state index is 12.4. The van der Waals surface area contributed by atoms with E-state index in [1.165, 1.54) is 37.8 Å². The Balaban J connectivity index is 2.36. The Kier molecular flexibility index (Phi) is 5.89. The van der Waals surface area contributed by atoms with E-state index in [9.17, 15) is 11.7 Å². The molecule has 98 valence electrons. The van der Waals surface area contributed by atoms with Gasteiger partial charge in [-0.15, -0.1) is 11.7 Å². The van der Waals surface area contributed by atoms with Gasteiger partial charge in [-0.2, -0.15) is 0 Å². The van der Waals surface area contributed by atoms with Crippen LogP contribution in [0.4, 0.5) is 11.7 Å². The monoisotopic (exact) mass is 264 g/mol. The Morgan fingerprint density at radius 1 is 0.882 bits per heavy atom. The zero-order valence-corrected chi connectivity index (χ0v) is 10.9. The third-order valence-electron chi connectivity index (χ3n) is 2.76. The molecule has 17 heavy (non-hydrogen) atoms. The van der Waals surface area contributed by atoms with Gasteiger partial charge in [-0.1, -0.05) is 44.7 Å². The molecule has 0 bridgehead atoms. The lowest BCUT2D eigenvalue weighted by Crippen LogP contribution is -1.87. The third-order valence-corrected chi connectivity index (χ3v) is 3.57. The zero-order valence-electron chi connectivity index (χ0n) is 10.1. The number of rotatable bonds is 7. The summed E-state index contributed by atoms with van der Waals surface area (Å²) in [5, 5.41) is 0. The number of aryl methyl sites for hydroxylation is 1. The predicted molar refractivity (Wildman–Crippen MR) is 68.1 cm³/mol. The fraction of sp³-hybridized carbons (Fsp3) is 0.538. The Bertz CT molecular complexity index is 316. The van der Waals surface area contributed by atoms with Crippen LogP contribution < -0.4 is 0 Å². The molecule has 0 atom stereocenters. The number of halogens is 3. The first-order valence-electron chi connectivity index (χ1n) is 6.05. The van der Waals surface area contributed by atoms with Gasteiger partial charge in [0.15, 0.2) is 0 Å². The highest BCUT2D eigenvalue weighted by atomic mass is 32.3. The Morgan fingerprint density at radius 3 is 2.00 bits per heavy atom. The molecule has 1 aromatic carbocycles. The SMILES string of the molecule is CCCCCCCc1ccc(S(F)(F)F)cc1. The van der Waals surface area contributed by atoms with Crippen molar-refractivity contribution < 1.29 is 11.7 Å². The average molecular weight is 264 g/mol. The lowest BCUT2D eigenvalue weighted by Gasteiger charge is -2.10. The van der Waals surface area contributed by atoms with Gasteiger partial charge in [-0.05, 0) is 30.5 Å². The van der Waals surface area contributed by atoms with Gasteiger partial charge < -0.3 is 0 Å². The van der Waals surface area contributed by atoms with Crippen molar-refractivity contribution >= 4 is 11.2 Å². The minimum atomic E-state index is -5.05. The highest BCUT2D eigenvalue weighted by Gasteiger charge is 2.23. The molecule has 0 spiro atoms. The molecule has 1 rings (SSSR count). The van der Waals surface area contributed by atoms with Gasteiger partial charge in [0.25, 0.3) is 0 Å². The Hall–Kier alpha value is -0.640. The summed E-state index contributed by atoms with van der Waals surface area (Å²) in [6.07, 6.45) is 6.80. The molecule has 0 aliphatic rings. The van der Waals surface area contributed by atoms with Crippen molar-refractivity contribution in [2.45, 2.75) is 50.3 Å². The highest BCUT2D eigenvalue weighted by molar-refractivity contribution is 8.20. The largest absolute Gasteiger partial charge is 0.237 e. The standard InChI is InChI=1S/C13H19F3S/c1-2-3-4-5-6-7-12-8-10-13(11-9-12)17(14,15)16/h8-11H,2-7H2,1H3. The molecule has 0 saturated carbocycles. The lowest BCUT2D eigenvalue weighted by atomic mass is 10.1. The van der Waals surface area contributed by atoms with Crippen molar-refractivity contribution in [1.29, 1.82) is 0 Å². The van der Waals surface area contributed by atoms with Crippen LogP contribution in [0, 0.1) is 0 Å². The fourth-order valence-corrected chi connectivity index (χ4v) is 2.19. The van der Waals surface area contributed by atoms with Gasteiger partial charge in [-0.3, -0.25) is 0 Å². The molecule has 0 fully saturated rings. The molecule has 0 aliphatic heterocycles. The third kappa shape index (κ3) is 5.48. The molecular formula is C13H19F3S. The maximum absolute atomic E-state index is 12.4. The molecule has 0 heterocycles. The predicted octanol–water partition coefficient (Wildman–Crippen LogP) is 6.02. The van der Waals surface area contributed by atoms with E-state index in [1.807, 2.05) is 0 Å². The van der Waals surface area contributed by atoms with E-state index in [4.69, 9.17) is 0 Å². The number of benzene rings is 1. The fourth-order valence-electron chi connectivity index (χ4n) is 1.74. The summed E-state index contributed by atoms with van der Waals surface area (Å²) >= 11 is -5.05. The molecule has 4 heteroatoms. The second-order valence-electron chi connectivity index (χ2n) is 4.21.